The van der Waals surface area contributed by atoms with Crippen LogP contribution in [0.4, 0.5) is 17.1 Å². The second-order valence-corrected chi connectivity index (χ2v) is 7.66. The number of nitro benzene ring substituents is 1. The van der Waals surface area contributed by atoms with E-state index in [2.05, 4.69) is 10.2 Å². The zero-order chi connectivity index (χ0) is 28.2. The van der Waals surface area contributed by atoms with Crippen molar-refractivity contribution in [2.24, 2.45) is 10.2 Å². The summed E-state index contributed by atoms with van der Waals surface area (Å²) in [7, 11) is 0. The minimum absolute atomic E-state index is 0.0694. The number of rotatable bonds is 8. The molecule has 0 bridgehead atoms. The van der Waals surface area contributed by atoms with Crippen LogP contribution in [0.2, 0.25) is 0 Å². The van der Waals surface area contributed by atoms with Crippen molar-refractivity contribution in [3.05, 3.63) is 91.8 Å². The highest BCUT2D eigenvalue weighted by Crippen LogP contribution is 2.30. The predicted molar refractivity (Wildman–Crippen MR) is 138 cm³/mol. The summed E-state index contributed by atoms with van der Waals surface area (Å²) in [6.07, 6.45) is 0. The maximum atomic E-state index is 13.2. The second-order valence-electron chi connectivity index (χ2n) is 7.66. The van der Waals surface area contributed by atoms with Crippen LogP contribution in [0.15, 0.2) is 69.6 Å². The third-order valence-corrected chi connectivity index (χ3v) is 5.39. The van der Waals surface area contributed by atoms with Gasteiger partial charge in [0.05, 0.1) is 11.0 Å². The molecule has 38 heavy (non-hydrogen) atoms. The third-order valence-electron chi connectivity index (χ3n) is 5.39. The van der Waals surface area contributed by atoms with Crippen molar-refractivity contribution in [1.29, 1.82) is 10.5 Å². The Kier molecular flexibility index (Phi) is 10.4. The molecule has 1 aromatic heterocycles. The number of amides is 1. The first kappa shape index (κ1) is 28.9. The van der Waals surface area contributed by atoms with Gasteiger partial charge in [-0.15, -0.1) is 10.2 Å². The molecular formula is C26H25N7O5. The molecule has 0 aliphatic carbocycles. The Balaban J connectivity index is 0.00000161. The van der Waals surface area contributed by atoms with E-state index in [9.17, 15) is 30.1 Å². The maximum Gasteiger partial charge on any atom is 0.296 e. The lowest BCUT2D eigenvalue weighted by Crippen LogP contribution is -2.35. The van der Waals surface area contributed by atoms with Crippen LogP contribution in [0.25, 0.3) is 0 Å². The molecule has 1 N–H and O–H groups in total. The monoisotopic (exact) mass is 515 g/mol. The normalized spacial score (nSPS) is 10.1. The summed E-state index contributed by atoms with van der Waals surface area (Å²) in [6.45, 7) is 4.96. The van der Waals surface area contributed by atoms with E-state index in [-0.39, 0.29) is 47.2 Å². The van der Waals surface area contributed by atoms with Crippen molar-refractivity contribution in [3.63, 3.8) is 0 Å². The number of aromatic nitrogens is 1. The van der Waals surface area contributed by atoms with E-state index < -0.39 is 16.4 Å². The molecular weight excluding hydrogens is 490 g/mol. The Morgan fingerprint density at radius 2 is 1.74 bits per heavy atom. The van der Waals surface area contributed by atoms with Gasteiger partial charge < -0.3 is 10.0 Å². The number of hydrogen-bond acceptors (Lipinski definition) is 9. The molecule has 0 atom stereocenters. The first-order chi connectivity index (χ1) is 18.2. The number of pyridine rings is 1. The minimum atomic E-state index is -0.746. The molecule has 0 fully saturated rings. The van der Waals surface area contributed by atoms with Gasteiger partial charge in [-0.25, -0.2) is 0 Å². The molecule has 2 aromatic carbocycles. The molecule has 0 radical (unpaired) electrons. The van der Waals surface area contributed by atoms with Crippen molar-refractivity contribution in [1.82, 2.24) is 9.47 Å². The van der Waals surface area contributed by atoms with Crippen LogP contribution in [0.5, 0.6) is 5.88 Å². The van der Waals surface area contributed by atoms with Crippen molar-refractivity contribution >= 4 is 23.0 Å². The first-order valence-electron chi connectivity index (χ1n) is 11.4. The second kappa shape index (κ2) is 13.7. The van der Waals surface area contributed by atoms with E-state index in [1.807, 2.05) is 6.07 Å². The van der Waals surface area contributed by atoms with Crippen LogP contribution in [0, 0.1) is 39.7 Å². The van der Waals surface area contributed by atoms with Crippen LogP contribution < -0.4 is 5.56 Å². The average molecular weight is 516 g/mol. The molecule has 12 heteroatoms. The van der Waals surface area contributed by atoms with E-state index in [0.29, 0.717) is 12.1 Å². The Morgan fingerprint density at radius 1 is 1.13 bits per heavy atom. The highest BCUT2D eigenvalue weighted by molar-refractivity contribution is 5.94. The van der Waals surface area contributed by atoms with Gasteiger partial charge in [0.25, 0.3) is 17.2 Å². The number of hydrogen-bond donors (Lipinski definition) is 1. The fraction of sp³-hybridized carbons (Fsp3) is 0.231. The molecule has 194 valence electrons. The molecule has 1 amide bonds. The van der Waals surface area contributed by atoms with Crippen LogP contribution >= 0.6 is 0 Å². The van der Waals surface area contributed by atoms with Gasteiger partial charge in [0.2, 0.25) is 5.88 Å². The number of nitrogens with zero attached hydrogens (tertiary/aromatic N) is 7. The van der Waals surface area contributed by atoms with Crippen molar-refractivity contribution < 1.29 is 14.8 Å². The van der Waals surface area contributed by atoms with Gasteiger partial charge in [-0.05, 0) is 32.0 Å². The van der Waals surface area contributed by atoms with Gasteiger partial charge in [0, 0.05) is 43.8 Å². The van der Waals surface area contributed by atoms with Crippen molar-refractivity contribution in [2.45, 2.75) is 27.3 Å². The third kappa shape index (κ3) is 6.65. The Labute approximate surface area is 218 Å². The van der Waals surface area contributed by atoms with Gasteiger partial charge in [0.1, 0.15) is 11.6 Å². The number of para-hydroxylation sites is 1. The van der Waals surface area contributed by atoms with Crippen molar-refractivity contribution in [2.75, 3.05) is 13.1 Å². The first-order valence-corrected chi connectivity index (χ1v) is 11.4. The highest BCUT2D eigenvalue weighted by Gasteiger charge is 2.21. The molecule has 0 unspecified atom stereocenters. The minimum Gasteiger partial charge on any atom is -0.493 e. The SMILES string of the molecule is CC#N.CCN(CCn1c(O)c(C#N)c(C)c(N=Nc2ccccc2[N+](=O)[O-])c1=O)C(=O)c1ccccc1. The topological polar surface area (TPSA) is 178 Å². The molecule has 12 nitrogen and oxygen atoms in total. The molecule has 0 spiro atoms. The molecule has 0 aliphatic heterocycles. The summed E-state index contributed by atoms with van der Waals surface area (Å²) >= 11 is 0. The largest absolute Gasteiger partial charge is 0.493 e. The lowest BCUT2D eigenvalue weighted by atomic mass is 10.1. The van der Waals surface area contributed by atoms with E-state index in [1.165, 1.54) is 43.0 Å². The molecule has 1 heterocycles. The van der Waals surface area contributed by atoms with E-state index in [4.69, 9.17) is 5.26 Å². The quantitative estimate of drug-likeness (QED) is 0.255. The summed E-state index contributed by atoms with van der Waals surface area (Å²) in [6, 6.07) is 17.9. The number of aromatic hydroxyl groups is 1. The molecule has 3 aromatic rings. The molecule has 0 saturated heterocycles. The van der Waals surface area contributed by atoms with Crippen molar-refractivity contribution in [3.8, 4) is 18.0 Å². The highest BCUT2D eigenvalue weighted by atomic mass is 16.6. The zero-order valence-electron chi connectivity index (χ0n) is 21.0. The van der Waals surface area contributed by atoms with Gasteiger partial charge in [0.15, 0.2) is 11.4 Å². The number of nitriles is 2. The lowest BCUT2D eigenvalue weighted by Gasteiger charge is -2.22. The van der Waals surface area contributed by atoms with Gasteiger partial charge in [-0.1, -0.05) is 30.3 Å². The van der Waals surface area contributed by atoms with Crippen LogP contribution in [-0.2, 0) is 6.54 Å². The summed E-state index contributed by atoms with van der Waals surface area (Å²) in [5.41, 5.74) is -0.975. The number of likely N-dealkylation sites (N-methyl/N-ethyl adjacent to an activating group) is 1. The number of carbonyl (C=O) groups is 1. The molecule has 0 saturated carbocycles. The van der Waals surface area contributed by atoms with Crippen LogP contribution in [-0.4, -0.2) is 38.5 Å². The Hall–Kier alpha value is -5.36. The standard InChI is InChI=1S/C24H22N6O5.C2H3N/c1-3-28(22(31)17-9-5-4-6-10-17)13-14-29-23(32)18(15-25)16(2)21(24(29)33)27-26-19-11-7-8-12-20(19)30(34)35;1-2-3/h4-12,32H,3,13-14H2,1-2H3;1H3. The van der Waals surface area contributed by atoms with E-state index in [0.717, 1.165) is 4.57 Å². The molecule has 0 aliphatic rings. The number of carbonyl (C=O) groups excluding carboxylic acids is 1. The fourth-order valence-electron chi connectivity index (χ4n) is 3.46. The summed E-state index contributed by atoms with van der Waals surface area (Å²) in [5.74, 6) is -0.799. The van der Waals surface area contributed by atoms with Gasteiger partial charge in [-0.2, -0.15) is 10.5 Å². The van der Waals surface area contributed by atoms with Crippen LogP contribution in [0.1, 0.15) is 35.3 Å². The fourth-order valence-corrected chi connectivity index (χ4v) is 3.46. The zero-order valence-corrected chi connectivity index (χ0v) is 21.0. The van der Waals surface area contributed by atoms with Gasteiger partial charge >= 0.3 is 0 Å². The van der Waals surface area contributed by atoms with E-state index >= 15 is 0 Å². The predicted octanol–water partition coefficient (Wildman–Crippen LogP) is 4.75. The summed E-state index contributed by atoms with van der Waals surface area (Å²) in [5, 5.41) is 46.5. The summed E-state index contributed by atoms with van der Waals surface area (Å²) < 4.78 is 0.945. The maximum absolute atomic E-state index is 13.2. The molecule has 3 rings (SSSR count). The number of benzene rings is 2. The Morgan fingerprint density at radius 3 is 2.32 bits per heavy atom. The number of azo groups is 1. The summed E-state index contributed by atoms with van der Waals surface area (Å²) in [4.78, 5) is 38.1. The van der Waals surface area contributed by atoms with E-state index in [1.54, 1.807) is 43.3 Å². The average Bonchev–Trinajstić information content (AvgIpc) is 2.91. The van der Waals surface area contributed by atoms with Crippen LogP contribution in [0.3, 0.4) is 0 Å². The Bertz CT molecular complexity index is 1480. The number of nitro groups is 1. The smallest absolute Gasteiger partial charge is 0.296 e. The lowest BCUT2D eigenvalue weighted by molar-refractivity contribution is -0.384. The van der Waals surface area contributed by atoms with Gasteiger partial charge in [-0.3, -0.25) is 24.3 Å².